The number of likely N-dealkylation sites (tertiary alicyclic amines) is 1. The number of hydrogen-bond acceptors (Lipinski definition) is 4. The Morgan fingerprint density at radius 3 is 2.58 bits per heavy atom. The van der Waals surface area contributed by atoms with E-state index in [1.807, 2.05) is 6.07 Å². The fourth-order valence-corrected chi connectivity index (χ4v) is 4.49. The van der Waals surface area contributed by atoms with Crippen molar-refractivity contribution in [3.63, 3.8) is 0 Å². The van der Waals surface area contributed by atoms with Crippen molar-refractivity contribution < 1.29 is 28.6 Å². The fraction of sp³-hybridized carbons (Fsp3) is 0.364. The van der Waals surface area contributed by atoms with Gasteiger partial charge in [-0.1, -0.05) is 0 Å². The molecular formula is C22H23F2IN2O4. The number of aryl methyl sites for hydroxylation is 1. The van der Waals surface area contributed by atoms with E-state index >= 15 is 4.39 Å². The van der Waals surface area contributed by atoms with Crippen LogP contribution in [0.4, 0.5) is 20.2 Å². The van der Waals surface area contributed by atoms with Crippen molar-refractivity contribution >= 4 is 45.8 Å². The van der Waals surface area contributed by atoms with Crippen LogP contribution in [-0.2, 0) is 0 Å². The van der Waals surface area contributed by atoms with Gasteiger partial charge in [0.2, 0.25) is 0 Å². The molecule has 0 aromatic heterocycles. The Morgan fingerprint density at radius 2 is 1.94 bits per heavy atom. The van der Waals surface area contributed by atoms with Gasteiger partial charge in [-0.2, -0.15) is 0 Å². The lowest BCUT2D eigenvalue weighted by Gasteiger charge is -2.35. The average Bonchev–Trinajstić information content (AvgIpc) is 2.73. The van der Waals surface area contributed by atoms with Crippen molar-refractivity contribution in [3.05, 3.63) is 56.2 Å². The summed E-state index contributed by atoms with van der Waals surface area (Å²) in [5.74, 6) is -5.07. The minimum atomic E-state index is -1.48. The Balaban J connectivity index is 2.04. The van der Waals surface area contributed by atoms with Gasteiger partial charge in [-0.05, 0) is 85.0 Å². The van der Waals surface area contributed by atoms with Gasteiger partial charge < -0.3 is 20.4 Å². The zero-order valence-corrected chi connectivity index (χ0v) is 19.1. The van der Waals surface area contributed by atoms with Crippen LogP contribution in [0.1, 0.15) is 52.0 Å². The summed E-state index contributed by atoms with van der Waals surface area (Å²) in [5, 5.41) is 21.6. The number of anilines is 2. The maximum Gasteiger partial charge on any atom is 0.337 e. The molecule has 0 radical (unpaired) electrons. The molecule has 166 valence electrons. The van der Waals surface area contributed by atoms with Crippen molar-refractivity contribution in [2.24, 2.45) is 0 Å². The molecule has 1 unspecified atom stereocenters. The minimum Gasteiger partial charge on any atom is -0.478 e. The highest BCUT2D eigenvalue weighted by molar-refractivity contribution is 14.1. The highest BCUT2D eigenvalue weighted by Crippen LogP contribution is 2.32. The van der Waals surface area contributed by atoms with Crippen LogP contribution in [0, 0.1) is 22.1 Å². The Morgan fingerprint density at radius 1 is 1.19 bits per heavy atom. The predicted octanol–water partition coefficient (Wildman–Crippen LogP) is 4.70. The van der Waals surface area contributed by atoms with Crippen LogP contribution in [0.15, 0.2) is 24.3 Å². The molecule has 2 aromatic rings. The number of halogens is 3. The van der Waals surface area contributed by atoms with Gasteiger partial charge in [0, 0.05) is 28.5 Å². The molecule has 0 bridgehead atoms. The van der Waals surface area contributed by atoms with Crippen molar-refractivity contribution in [2.75, 3.05) is 18.5 Å². The number of aromatic carboxylic acids is 1. The average molecular weight is 544 g/mol. The Labute approximate surface area is 192 Å². The number of carboxylic acid groups (broad SMARTS) is 1. The highest BCUT2D eigenvalue weighted by atomic mass is 127. The van der Waals surface area contributed by atoms with E-state index in [2.05, 4.69) is 27.9 Å². The van der Waals surface area contributed by atoms with Crippen LogP contribution in [0.25, 0.3) is 0 Å². The molecule has 1 atom stereocenters. The van der Waals surface area contributed by atoms with E-state index < -0.39 is 40.3 Å². The number of carboxylic acids is 1. The molecule has 0 aliphatic carbocycles. The highest BCUT2D eigenvalue weighted by Gasteiger charge is 2.32. The lowest BCUT2D eigenvalue weighted by molar-refractivity contribution is 0.0569. The van der Waals surface area contributed by atoms with Crippen LogP contribution < -0.4 is 5.32 Å². The van der Waals surface area contributed by atoms with Crippen LogP contribution in [0.2, 0.25) is 0 Å². The van der Waals surface area contributed by atoms with Gasteiger partial charge in [-0.3, -0.25) is 4.79 Å². The number of aliphatic hydroxyl groups excluding tert-OH is 1. The van der Waals surface area contributed by atoms with Crippen molar-refractivity contribution in [2.45, 2.75) is 38.6 Å². The molecule has 1 amide bonds. The molecule has 2 aromatic carbocycles. The molecule has 3 N–H and O–H groups in total. The first-order chi connectivity index (χ1) is 14.7. The topological polar surface area (TPSA) is 89.9 Å². The molecule has 0 saturated carbocycles. The van der Waals surface area contributed by atoms with E-state index in [9.17, 15) is 24.2 Å². The first-order valence-corrected chi connectivity index (χ1v) is 11.0. The summed E-state index contributed by atoms with van der Waals surface area (Å²) in [6.45, 7) is 1.97. The molecular weight excluding hydrogens is 521 g/mol. The third-order valence-electron chi connectivity index (χ3n) is 5.47. The molecule has 1 fully saturated rings. The van der Waals surface area contributed by atoms with E-state index in [4.69, 9.17) is 0 Å². The third kappa shape index (κ3) is 4.98. The van der Waals surface area contributed by atoms with Gasteiger partial charge in [0.05, 0.1) is 16.8 Å². The molecule has 1 aliphatic heterocycles. The van der Waals surface area contributed by atoms with Crippen molar-refractivity contribution in [1.29, 1.82) is 0 Å². The summed E-state index contributed by atoms with van der Waals surface area (Å²) in [4.78, 5) is 26.3. The largest absolute Gasteiger partial charge is 0.478 e. The Bertz CT molecular complexity index is 1010. The molecule has 0 spiro atoms. The summed E-state index contributed by atoms with van der Waals surface area (Å²) < 4.78 is 31.0. The van der Waals surface area contributed by atoms with Gasteiger partial charge >= 0.3 is 5.97 Å². The number of benzene rings is 2. The van der Waals surface area contributed by atoms with Gasteiger partial charge in [-0.25, -0.2) is 13.6 Å². The second-order valence-corrected chi connectivity index (χ2v) is 8.77. The summed E-state index contributed by atoms with van der Waals surface area (Å²) in [6.07, 6.45) is 2.54. The second-order valence-electron chi connectivity index (χ2n) is 7.52. The Hall–Kier alpha value is -2.27. The molecule has 1 aliphatic rings. The molecule has 1 heterocycles. The number of amides is 1. The van der Waals surface area contributed by atoms with Gasteiger partial charge in [0.25, 0.3) is 5.91 Å². The van der Waals surface area contributed by atoms with E-state index in [0.717, 1.165) is 21.6 Å². The first kappa shape index (κ1) is 23.4. The normalized spacial score (nSPS) is 16.3. The Kier molecular flexibility index (Phi) is 7.47. The van der Waals surface area contributed by atoms with E-state index in [1.165, 1.54) is 4.90 Å². The van der Waals surface area contributed by atoms with Gasteiger partial charge in [0.15, 0.2) is 11.6 Å². The van der Waals surface area contributed by atoms with Crippen molar-refractivity contribution in [3.8, 4) is 0 Å². The van der Waals surface area contributed by atoms with Crippen LogP contribution in [-0.4, -0.2) is 46.2 Å². The number of carbonyl (C=O) groups excluding carboxylic acids is 1. The molecule has 6 nitrogen and oxygen atoms in total. The standard InChI is InChI=1S/C22H23F2IN2O4/c1-12-10-13(25)5-6-17(12)26-20-16(22(30)31)11-15(18(23)19(20)24)21(29)27-8-3-2-4-14(27)7-9-28/h5-6,10-11,14,26,28H,2-4,7-9H2,1H3,(H,30,31). The maximum atomic E-state index is 15.0. The lowest BCUT2D eigenvalue weighted by atomic mass is 9.97. The van der Waals surface area contributed by atoms with Crippen LogP contribution in [0.3, 0.4) is 0 Å². The number of nitrogens with zero attached hydrogens (tertiary/aromatic N) is 1. The zero-order valence-electron chi connectivity index (χ0n) is 16.9. The maximum absolute atomic E-state index is 15.0. The summed E-state index contributed by atoms with van der Waals surface area (Å²) in [5.41, 5.74) is -0.528. The van der Waals surface area contributed by atoms with Gasteiger partial charge in [0.1, 0.15) is 0 Å². The number of aliphatic hydroxyl groups is 1. The monoisotopic (exact) mass is 544 g/mol. The third-order valence-corrected chi connectivity index (χ3v) is 6.14. The summed E-state index contributed by atoms with van der Waals surface area (Å²) in [6, 6.07) is 5.80. The summed E-state index contributed by atoms with van der Waals surface area (Å²) >= 11 is 2.11. The molecule has 31 heavy (non-hydrogen) atoms. The first-order valence-electron chi connectivity index (χ1n) is 9.94. The SMILES string of the molecule is Cc1cc(I)ccc1Nc1c(C(=O)O)cc(C(=O)N2CCCCC2CCO)c(F)c1F. The van der Waals surface area contributed by atoms with Gasteiger partial charge in [-0.15, -0.1) is 0 Å². The molecule has 3 rings (SSSR count). The lowest BCUT2D eigenvalue weighted by Crippen LogP contribution is -2.44. The fourth-order valence-electron chi connectivity index (χ4n) is 3.85. The summed E-state index contributed by atoms with van der Waals surface area (Å²) in [7, 11) is 0. The van der Waals surface area contributed by atoms with E-state index in [-0.39, 0.29) is 12.6 Å². The smallest absolute Gasteiger partial charge is 0.337 e. The molecule has 9 heteroatoms. The number of piperidine rings is 1. The van der Waals surface area contributed by atoms with Crippen molar-refractivity contribution in [1.82, 2.24) is 4.90 Å². The zero-order chi connectivity index (χ0) is 22.7. The van der Waals surface area contributed by atoms with E-state index in [1.54, 1.807) is 19.1 Å². The molecule has 1 saturated heterocycles. The quantitative estimate of drug-likeness (QED) is 0.459. The number of rotatable bonds is 6. The van der Waals surface area contributed by atoms with Crippen LogP contribution >= 0.6 is 22.6 Å². The van der Waals surface area contributed by atoms with E-state index in [0.29, 0.717) is 31.5 Å². The number of nitrogens with one attached hydrogen (secondary N) is 1. The number of hydrogen-bond donors (Lipinski definition) is 3. The minimum absolute atomic E-state index is 0.135. The predicted molar refractivity (Wildman–Crippen MR) is 121 cm³/mol. The second kappa shape index (κ2) is 9.90. The van der Waals surface area contributed by atoms with Crippen LogP contribution in [0.5, 0.6) is 0 Å². The number of carbonyl (C=O) groups is 2.